The summed E-state index contributed by atoms with van der Waals surface area (Å²) < 4.78 is 5.11. The highest BCUT2D eigenvalue weighted by molar-refractivity contribution is 5.93. The first-order valence-corrected chi connectivity index (χ1v) is 6.99. The van der Waals surface area contributed by atoms with Gasteiger partial charge in [-0.3, -0.25) is 4.79 Å². The van der Waals surface area contributed by atoms with Gasteiger partial charge in [0.1, 0.15) is 5.60 Å². The van der Waals surface area contributed by atoms with Gasteiger partial charge in [-0.1, -0.05) is 12.1 Å². The molecule has 5 nitrogen and oxygen atoms in total. The van der Waals surface area contributed by atoms with Crippen LogP contribution < -0.4 is 10.2 Å². The Balaban J connectivity index is 2.42. The lowest BCUT2D eigenvalue weighted by molar-refractivity contribution is -0.118. The zero-order chi connectivity index (χ0) is 16.0. The fourth-order valence-corrected chi connectivity index (χ4v) is 1.73. The highest BCUT2D eigenvalue weighted by Crippen LogP contribution is 2.15. The smallest absolute Gasteiger partial charge is 0.407 e. The van der Waals surface area contributed by atoms with Crippen LogP contribution in [0, 0.1) is 6.92 Å². The molecular weight excluding hydrogens is 268 g/mol. The average molecular weight is 292 g/mol. The third-order valence-corrected chi connectivity index (χ3v) is 2.77. The van der Waals surface area contributed by atoms with Crippen LogP contribution >= 0.6 is 0 Å². The Morgan fingerprint density at radius 1 is 1.29 bits per heavy atom. The molecule has 1 N–H and O–H groups in total. The van der Waals surface area contributed by atoms with Crippen LogP contribution in [0.4, 0.5) is 10.5 Å². The number of hydrogen-bond donors (Lipinski definition) is 1. The number of carbonyl (C=O) groups is 2. The zero-order valence-corrected chi connectivity index (χ0v) is 13.4. The second-order valence-corrected chi connectivity index (χ2v) is 5.97. The second-order valence-electron chi connectivity index (χ2n) is 5.97. The normalized spacial score (nSPS) is 10.9. The van der Waals surface area contributed by atoms with E-state index >= 15 is 0 Å². The molecule has 0 heterocycles. The fourth-order valence-electron chi connectivity index (χ4n) is 1.73. The summed E-state index contributed by atoms with van der Waals surface area (Å²) in [6, 6.07) is 7.71. The van der Waals surface area contributed by atoms with Crippen LogP contribution in [0.1, 0.15) is 32.8 Å². The van der Waals surface area contributed by atoms with Crippen molar-refractivity contribution in [2.45, 2.75) is 39.7 Å². The number of rotatable bonds is 4. The van der Waals surface area contributed by atoms with Crippen molar-refractivity contribution in [1.29, 1.82) is 0 Å². The van der Waals surface area contributed by atoms with E-state index in [-0.39, 0.29) is 18.9 Å². The van der Waals surface area contributed by atoms with Crippen molar-refractivity contribution in [3.63, 3.8) is 0 Å². The quantitative estimate of drug-likeness (QED) is 0.928. The molecule has 0 unspecified atom stereocenters. The van der Waals surface area contributed by atoms with Crippen LogP contribution in [-0.2, 0) is 9.53 Å². The minimum Gasteiger partial charge on any atom is -0.444 e. The molecule has 2 amide bonds. The molecule has 0 saturated carbocycles. The predicted molar refractivity (Wildman–Crippen MR) is 83.4 cm³/mol. The molecule has 0 aliphatic heterocycles. The first-order chi connectivity index (χ1) is 9.69. The Kier molecular flexibility index (Phi) is 5.76. The van der Waals surface area contributed by atoms with Crippen molar-refractivity contribution in [1.82, 2.24) is 5.32 Å². The lowest BCUT2D eigenvalue weighted by Crippen LogP contribution is -2.35. The summed E-state index contributed by atoms with van der Waals surface area (Å²) in [5, 5.41) is 2.58. The number of nitrogens with zero attached hydrogens (tertiary/aromatic N) is 1. The van der Waals surface area contributed by atoms with Crippen LogP contribution in [-0.4, -0.2) is 31.2 Å². The topological polar surface area (TPSA) is 58.6 Å². The molecule has 1 aromatic rings. The van der Waals surface area contributed by atoms with Crippen LogP contribution in [0.5, 0.6) is 0 Å². The average Bonchev–Trinajstić information content (AvgIpc) is 2.35. The Hall–Kier alpha value is -2.04. The van der Waals surface area contributed by atoms with Gasteiger partial charge in [0, 0.05) is 25.7 Å². The van der Waals surface area contributed by atoms with E-state index in [1.807, 2.05) is 31.2 Å². The summed E-state index contributed by atoms with van der Waals surface area (Å²) in [4.78, 5) is 25.1. The largest absolute Gasteiger partial charge is 0.444 e. The van der Waals surface area contributed by atoms with Gasteiger partial charge in [-0.25, -0.2) is 4.79 Å². The maximum atomic E-state index is 12.1. The van der Waals surface area contributed by atoms with E-state index in [2.05, 4.69) is 5.32 Å². The molecule has 1 aromatic carbocycles. The molecule has 116 valence electrons. The van der Waals surface area contributed by atoms with E-state index in [0.717, 1.165) is 11.3 Å². The predicted octanol–water partition coefficient (Wildman–Crippen LogP) is 2.87. The highest BCUT2D eigenvalue weighted by atomic mass is 16.6. The number of nitrogens with one attached hydrogen (secondary N) is 1. The van der Waals surface area contributed by atoms with E-state index in [1.165, 1.54) is 0 Å². The van der Waals surface area contributed by atoms with Crippen LogP contribution in [0.3, 0.4) is 0 Å². The zero-order valence-electron chi connectivity index (χ0n) is 13.4. The van der Waals surface area contributed by atoms with Gasteiger partial charge in [0.25, 0.3) is 0 Å². The van der Waals surface area contributed by atoms with E-state index < -0.39 is 11.7 Å². The monoisotopic (exact) mass is 292 g/mol. The third-order valence-electron chi connectivity index (χ3n) is 2.77. The van der Waals surface area contributed by atoms with Gasteiger partial charge in [-0.05, 0) is 45.4 Å². The minimum absolute atomic E-state index is 0.0586. The number of amides is 2. The molecule has 0 aliphatic carbocycles. The summed E-state index contributed by atoms with van der Waals surface area (Å²) in [6.45, 7) is 7.62. The second kappa shape index (κ2) is 7.11. The first kappa shape index (κ1) is 17.0. The van der Waals surface area contributed by atoms with Gasteiger partial charge in [0.2, 0.25) is 5.91 Å². The van der Waals surface area contributed by atoms with Gasteiger partial charge in [-0.2, -0.15) is 0 Å². The van der Waals surface area contributed by atoms with Crippen molar-refractivity contribution in [3.8, 4) is 0 Å². The molecule has 0 radical (unpaired) electrons. The van der Waals surface area contributed by atoms with Crippen LogP contribution in [0.25, 0.3) is 0 Å². The van der Waals surface area contributed by atoms with Crippen molar-refractivity contribution in [3.05, 3.63) is 29.8 Å². The maximum absolute atomic E-state index is 12.1. The Bertz CT molecular complexity index is 506. The SMILES string of the molecule is Cc1cccc(N(C)C(=O)CCNC(=O)OC(C)(C)C)c1. The van der Waals surface area contributed by atoms with E-state index in [9.17, 15) is 9.59 Å². The van der Waals surface area contributed by atoms with E-state index in [0.29, 0.717) is 0 Å². The van der Waals surface area contributed by atoms with Gasteiger partial charge >= 0.3 is 6.09 Å². The number of aryl methyl sites for hydroxylation is 1. The number of hydrogen-bond acceptors (Lipinski definition) is 3. The molecule has 0 bridgehead atoms. The Morgan fingerprint density at radius 2 is 1.95 bits per heavy atom. The molecule has 0 saturated heterocycles. The molecule has 0 atom stereocenters. The molecule has 0 aromatic heterocycles. The lowest BCUT2D eigenvalue weighted by Gasteiger charge is -2.20. The van der Waals surface area contributed by atoms with Crippen molar-refractivity contribution in [2.75, 3.05) is 18.5 Å². The first-order valence-electron chi connectivity index (χ1n) is 6.99. The van der Waals surface area contributed by atoms with E-state index in [4.69, 9.17) is 4.74 Å². The number of carbonyl (C=O) groups excluding carboxylic acids is 2. The molecule has 0 fully saturated rings. The summed E-state index contributed by atoms with van der Waals surface area (Å²) in [6.07, 6.45) is -0.280. The number of benzene rings is 1. The van der Waals surface area contributed by atoms with Gasteiger partial charge in [0.05, 0.1) is 0 Å². The van der Waals surface area contributed by atoms with Crippen molar-refractivity contribution < 1.29 is 14.3 Å². The summed E-state index contributed by atoms with van der Waals surface area (Å²) in [7, 11) is 1.73. The van der Waals surface area contributed by atoms with E-state index in [1.54, 1.807) is 32.7 Å². The molecular formula is C16H24N2O3. The third kappa shape index (κ3) is 6.29. The number of alkyl carbamates (subject to hydrolysis) is 1. The Morgan fingerprint density at radius 3 is 2.52 bits per heavy atom. The van der Waals surface area contributed by atoms with Crippen molar-refractivity contribution in [2.24, 2.45) is 0 Å². The maximum Gasteiger partial charge on any atom is 0.407 e. The van der Waals surface area contributed by atoms with Crippen LogP contribution in [0.15, 0.2) is 24.3 Å². The van der Waals surface area contributed by atoms with Gasteiger partial charge < -0.3 is 15.0 Å². The molecule has 0 spiro atoms. The minimum atomic E-state index is -0.535. The molecule has 1 rings (SSSR count). The fraction of sp³-hybridized carbons (Fsp3) is 0.500. The van der Waals surface area contributed by atoms with Crippen molar-refractivity contribution >= 4 is 17.7 Å². The standard InChI is InChI=1S/C16H24N2O3/c1-12-7-6-8-13(11-12)18(5)14(19)9-10-17-15(20)21-16(2,3)4/h6-8,11H,9-10H2,1-5H3,(H,17,20). The highest BCUT2D eigenvalue weighted by Gasteiger charge is 2.16. The molecule has 21 heavy (non-hydrogen) atoms. The molecule has 5 heteroatoms. The summed E-state index contributed by atoms with van der Waals surface area (Å²) >= 11 is 0. The Labute approximate surface area is 126 Å². The summed E-state index contributed by atoms with van der Waals surface area (Å²) in [5.41, 5.74) is 1.41. The molecule has 0 aliphatic rings. The van der Waals surface area contributed by atoms with Gasteiger partial charge in [0.15, 0.2) is 0 Å². The number of ether oxygens (including phenoxy) is 1. The lowest BCUT2D eigenvalue weighted by atomic mass is 10.2. The number of anilines is 1. The van der Waals surface area contributed by atoms with Gasteiger partial charge in [-0.15, -0.1) is 0 Å². The summed E-state index contributed by atoms with van der Waals surface area (Å²) in [5.74, 6) is -0.0586. The van der Waals surface area contributed by atoms with Crippen LogP contribution in [0.2, 0.25) is 0 Å².